The van der Waals surface area contributed by atoms with Crippen molar-refractivity contribution in [3.05, 3.63) is 72.0 Å². The molecule has 2 aromatic rings. The summed E-state index contributed by atoms with van der Waals surface area (Å²) in [6.45, 7) is 37.4. The number of ether oxygens (including phenoxy) is 1. The van der Waals surface area contributed by atoms with Crippen molar-refractivity contribution in [1.82, 2.24) is 0 Å². The fraction of sp³-hybridized carbons (Fsp3) is 0.667. The van der Waals surface area contributed by atoms with Gasteiger partial charge in [0.1, 0.15) is 0 Å². The summed E-state index contributed by atoms with van der Waals surface area (Å²) in [5, 5.41) is 2.87. The molecule has 0 aliphatic heterocycles. The lowest BCUT2D eigenvalue weighted by atomic mass is 9.93. The lowest BCUT2D eigenvalue weighted by molar-refractivity contribution is -0.137. The molecule has 0 saturated heterocycles. The Labute approximate surface area is 348 Å². The number of benzene rings is 2. The highest BCUT2D eigenvalue weighted by molar-refractivity contribution is 8.00. The first-order valence-electron chi connectivity index (χ1n) is 20.3. The van der Waals surface area contributed by atoms with E-state index in [1.54, 1.807) is 11.8 Å². The van der Waals surface area contributed by atoms with E-state index in [9.17, 15) is 4.79 Å². The smallest absolute Gasteiger partial charge is 0.315 e. The zero-order valence-electron chi connectivity index (χ0n) is 37.6. The average Bonchev–Trinajstić information content (AvgIpc) is 3.35. The van der Waals surface area contributed by atoms with Crippen LogP contribution in [0.2, 0.25) is 54.4 Å². The number of aryl methyl sites for hydroxylation is 1. The predicted octanol–water partition coefficient (Wildman–Crippen LogP) is 13.4. The van der Waals surface area contributed by atoms with Gasteiger partial charge in [0.25, 0.3) is 0 Å². The summed E-state index contributed by atoms with van der Waals surface area (Å²) in [7, 11) is -5.00. The third-order valence-corrected chi connectivity index (χ3v) is 28.5. The van der Waals surface area contributed by atoms with Gasteiger partial charge >= 0.3 is 5.97 Å². The molecule has 0 fully saturated rings. The van der Waals surface area contributed by atoms with Gasteiger partial charge in [-0.25, -0.2) is 0 Å². The third kappa shape index (κ3) is 13.4. The molecule has 0 radical (unpaired) electrons. The molecule has 1 aliphatic rings. The van der Waals surface area contributed by atoms with Crippen LogP contribution in [0.3, 0.4) is 0 Å². The Hall–Kier alpha value is -1.28. The third-order valence-electron chi connectivity index (χ3n) is 12.6. The normalized spacial score (nSPS) is 20.2. The molecule has 0 aromatic heterocycles. The van der Waals surface area contributed by atoms with Crippen molar-refractivity contribution in [1.29, 1.82) is 0 Å². The number of esters is 1. The summed E-state index contributed by atoms with van der Waals surface area (Å²) >= 11 is 3.63. The summed E-state index contributed by atoms with van der Waals surface area (Å²) in [4.78, 5) is 11.8. The van der Waals surface area contributed by atoms with Crippen LogP contribution >= 0.6 is 23.5 Å². The van der Waals surface area contributed by atoms with Crippen LogP contribution in [0.5, 0.6) is 0 Å². The summed E-state index contributed by atoms with van der Waals surface area (Å²) < 4.78 is 26.9. The first kappa shape index (κ1) is 48.1. The molecule has 3 rings (SSSR count). The van der Waals surface area contributed by atoms with Crippen molar-refractivity contribution < 1.29 is 22.8 Å². The maximum absolute atomic E-state index is 11.8. The van der Waals surface area contributed by atoms with E-state index in [1.165, 1.54) is 23.4 Å². The zero-order valence-corrected chi connectivity index (χ0v) is 42.2. The van der Waals surface area contributed by atoms with Crippen LogP contribution in [-0.2, 0) is 29.2 Å². The number of thioether (sulfide) groups is 2. The number of hydrogen-bond acceptors (Lipinski definition) is 7. The highest BCUT2D eigenvalue weighted by Gasteiger charge is 2.48. The number of hydrogen-bond donors (Lipinski definition) is 0. The molecule has 0 N–H and O–H groups in total. The second-order valence-corrected chi connectivity index (χ2v) is 36.9. The van der Waals surface area contributed by atoms with E-state index in [2.05, 4.69) is 169 Å². The monoisotopic (exact) mass is 844 g/mol. The van der Waals surface area contributed by atoms with Gasteiger partial charge in [-0.05, 0) is 115 Å². The molecule has 0 heterocycles. The minimum absolute atomic E-state index is 0.0651. The van der Waals surface area contributed by atoms with E-state index in [4.69, 9.17) is 18.0 Å². The van der Waals surface area contributed by atoms with E-state index < -0.39 is 30.6 Å². The summed E-state index contributed by atoms with van der Waals surface area (Å²) in [5.74, 6) is 3.28. The van der Waals surface area contributed by atoms with Crippen molar-refractivity contribution in [2.75, 3.05) is 24.4 Å². The summed E-state index contributed by atoms with van der Waals surface area (Å²) in [6, 6.07) is 15.5. The van der Waals surface area contributed by atoms with Gasteiger partial charge in [0.15, 0.2) is 16.6 Å². The average molecular weight is 845 g/mol. The van der Waals surface area contributed by atoms with Crippen molar-refractivity contribution in [2.24, 2.45) is 5.92 Å². The van der Waals surface area contributed by atoms with Crippen LogP contribution in [-0.4, -0.2) is 72.2 Å². The van der Waals surface area contributed by atoms with Crippen LogP contribution in [0.25, 0.3) is 10.8 Å². The highest BCUT2D eigenvalue weighted by Crippen LogP contribution is 2.48. The van der Waals surface area contributed by atoms with E-state index in [-0.39, 0.29) is 38.4 Å². The molecular weight excluding hydrogens is 769 g/mol. The lowest BCUT2D eigenvalue weighted by Crippen LogP contribution is -2.48. The number of rotatable bonds is 18. The fourth-order valence-electron chi connectivity index (χ4n) is 5.89. The standard InChI is InChI=1S/C45H76O5S2Si3/c1-42(2,3)53(12,13)48-38-32-39(49-54(14,15)43(4,5)6)41(52-30-20-29-51-33-40(46)47-11)37(38)26-28-45(10,50-55(16,17)44(7,8)9)27-25-34-23-24-35-21-18-19-22-36(35)31-34/h18-19,21-24,26,28,31-32,37-38,41H,20,25,27,29-30,33H2,1-17H3/b28-26+/t37-,38-,41+,45?/m0/s1. The molecule has 0 amide bonds. The predicted molar refractivity (Wildman–Crippen MR) is 250 cm³/mol. The lowest BCUT2D eigenvalue weighted by Gasteiger charge is -2.44. The molecule has 1 aliphatic carbocycles. The van der Waals surface area contributed by atoms with Gasteiger partial charge < -0.3 is 18.0 Å². The van der Waals surface area contributed by atoms with Gasteiger partial charge in [0.05, 0.1) is 35.6 Å². The molecule has 0 saturated carbocycles. The number of methoxy groups -OCH3 is 1. The summed E-state index contributed by atoms with van der Waals surface area (Å²) in [6.07, 6.45) is 9.91. The Morgan fingerprint density at radius 3 is 1.96 bits per heavy atom. The van der Waals surface area contributed by atoms with Gasteiger partial charge in [-0.2, -0.15) is 11.8 Å². The molecule has 310 valence electrons. The van der Waals surface area contributed by atoms with Gasteiger partial charge in [0.2, 0.25) is 8.32 Å². The van der Waals surface area contributed by atoms with Gasteiger partial charge in [-0.15, -0.1) is 11.8 Å². The Morgan fingerprint density at radius 2 is 1.38 bits per heavy atom. The van der Waals surface area contributed by atoms with Gasteiger partial charge in [0, 0.05) is 5.92 Å². The highest BCUT2D eigenvalue weighted by atomic mass is 32.2. The Bertz CT molecular complexity index is 1630. The van der Waals surface area contributed by atoms with Crippen LogP contribution in [0.1, 0.15) is 87.6 Å². The maximum Gasteiger partial charge on any atom is 0.315 e. The minimum atomic E-state index is -2.16. The Kier molecular flexibility index (Phi) is 16.4. The number of carbonyl (C=O) groups is 1. The molecule has 5 nitrogen and oxygen atoms in total. The van der Waals surface area contributed by atoms with E-state index in [0.717, 1.165) is 36.5 Å². The second kappa shape index (κ2) is 18.8. The SMILES string of the molecule is COC(=O)CSCCCS[C@H]1C(O[Si](C)(C)C(C)(C)C)=C[C@H](O[Si](C)(C)C(C)(C)C)[C@@H]1/C=C/C(C)(CCc1ccc2ccccc2c1)O[Si](C)(C)C(C)(C)C. The molecule has 0 spiro atoms. The van der Waals surface area contributed by atoms with Crippen molar-refractivity contribution in [3.8, 4) is 0 Å². The number of fused-ring (bicyclic) bond motifs is 1. The van der Waals surface area contributed by atoms with Crippen molar-refractivity contribution in [3.63, 3.8) is 0 Å². The van der Waals surface area contributed by atoms with Crippen LogP contribution < -0.4 is 0 Å². The first-order valence-corrected chi connectivity index (χ1v) is 31.3. The first-order chi connectivity index (χ1) is 25.1. The summed E-state index contributed by atoms with van der Waals surface area (Å²) in [5.41, 5.74) is 0.862. The van der Waals surface area contributed by atoms with Crippen molar-refractivity contribution in [2.45, 2.75) is 160 Å². The topological polar surface area (TPSA) is 54.0 Å². The minimum Gasteiger partial charge on any atom is -0.546 e. The zero-order chi connectivity index (χ0) is 41.7. The van der Waals surface area contributed by atoms with E-state index in [0.29, 0.717) is 5.75 Å². The maximum atomic E-state index is 11.8. The van der Waals surface area contributed by atoms with Crippen LogP contribution in [0.15, 0.2) is 66.5 Å². The molecule has 1 unspecified atom stereocenters. The quantitative estimate of drug-likeness (QED) is 0.0641. The molecule has 10 heteroatoms. The Morgan fingerprint density at radius 1 is 0.782 bits per heavy atom. The van der Waals surface area contributed by atoms with Crippen molar-refractivity contribution >= 4 is 65.2 Å². The molecule has 2 aromatic carbocycles. The second-order valence-electron chi connectivity index (χ2n) is 20.3. The van der Waals surface area contributed by atoms with Gasteiger partial charge in [-0.3, -0.25) is 4.79 Å². The van der Waals surface area contributed by atoms with Crippen LogP contribution in [0.4, 0.5) is 0 Å². The Balaban J connectivity index is 2.07. The molecular formula is C45H76O5S2Si3. The van der Waals surface area contributed by atoms with Gasteiger partial charge in [-0.1, -0.05) is 117 Å². The number of carbonyl (C=O) groups excluding carboxylic acids is 1. The van der Waals surface area contributed by atoms with E-state index in [1.807, 2.05) is 11.8 Å². The fourth-order valence-corrected chi connectivity index (χ4v) is 12.3. The van der Waals surface area contributed by atoms with Crippen LogP contribution in [0, 0.1) is 5.92 Å². The molecule has 55 heavy (non-hydrogen) atoms. The molecule has 0 bridgehead atoms. The largest absolute Gasteiger partial charge is 0.546 e. The molecule has 4 atom stereocenters. The van der Waals surface area contributed by atoms with E-state index >= 15 is 0 Å².